The Balaban J connectivity index is 0.000000467. The van der Waals surface area contributed by atoms with Crippen LogP contribution in [0.3, 0.4) is 0 Å². The highest BCUT2D eigenvalue weighted by Gasteiger charge is 2.39. The third-order valence-electron chi connectivity index (χ3n) is 6.14. The number of halogens is 10. The smallest absolute Gasteiger partial charge is 0.475 e. The molecular weight excluding hydrogens is 713 g/mol. The summed E-state index contributed by atoms with van der Waals surface area (Å²) in [7, 11) is 2.17. The Morgan fingerprint density at radius 2 is 1.35 bits per heavy atom. The minimum atomic E-state index is -5.08. The van der Waals surface area contributed by atoms with Crippen LogP contribution in [0.2, 0.25) is 5.02 Å². The summed E-state index contributed by atoms with van der Waals surface area (Å²) in [4.78, 5) is 40.3. The second kappa shape index (κ2) is 19.0. The first-order valence-corrected chi connectivity index (χ1v) is 14.1. The molecule has 2 saturated heterocycles. The number of nitrogens with one attached hydrogen (secondary N) is 3. The third-order valence-corrected chi connectivity index (χ3v) is 6.42. The molecule has 2 fully saturated rings. The maximum Gasteiger partial charge on any atom is 0.490 e. The number of aromatic nitrogens is 2. The Bertz CT molecular complexity index is 1300. The maximum absolute atomic E-state index is 10.6. The number of hydrogen-bond acceptors (Lipinski definition) is 10. The van der Waals surface area contributed by atoms with Crippen LogP contribution in [0.25, 0.3) is 0 Å². The van der Waals surface area contributed by atoms with E-state index in [1.807, 2.05) is 0 Å². The van der Waals surface area contributed by atoms with E-state index in [0.29, 0.717) is 22.8 Å². The molecule has 2 aliphatic rings. The standard InChI is InChI=1S/C20H28ClN7.3C2HF3O2/c1-27-9-11-28(12-10-27)17-6-4-15(5-7-17)25-20-24-14-18(21)19(26-20)23-13-16-3-2-8-22-16;3*3-2(4,5)1(6)7/h4-7,14,16,22H,2-3,8-13H2,1H3,(H2,23,24,25,26);3*(H,6,7). The highest BCUT2D eigenvalue weighted by atomic mass is 35.5. The molecule has 1 atom stereocenters. The molecule has 13 nitrogen and oxygen atoms in total. The first-order valence-electron chi connectivity index (χ1n) is 13.7. The van der Waals surface area contributed by atoms with Gasteiger partial charge in [0.2, 0.25) is 5.95 Å². The number of hydrogen-bond donors (Lipinski definition) is 6. The molecule has 4 rings (SSSR count). The highest BCUT2D eigenvalue weighted by molar-refractivity contribution is 6.32. The van der Waals surface area contributed by atoms with Gasteiger partial charge in [-0.25, -0.2) is 19.4 Å². The van der Waals surface area contributed by atoms with Gasteiger partial charge in [0.05, 0.1) is 6.20 Å². The molecule has 0 radical (unpaired) electrons. The molecule has 0 spiro atoms. The lowest BCUT2D eigenvalue weighted by molar-refractivity contribution is -0.193. The van der Waals surface area contributed by atoms with Gasteiger partial charge in [-0.05, 0) is 50.7 Å². The molecule has 0 bridgehead atoms. The van der Waals surface area contributed by atoms with Crippen LogP contribution in [0.15, 0.2) is 30.5 Å². The summed E-state index contributed by atoms with van der Waals surface area (Å²) in [6, 6.07) is 8.91. The van der Waals surface area contributed by atoms with E-state index in [1.165, 1.54) is 18.5 Å². The minimum Gasteiger partial charge on any atom is -0.475 e. The van der Waals surface area contributed by atoms with Crippen molar-refractivity contribution >= 4 is 52.6 Å². The molecular formula is C26H31ClF9N7O6. The van der Waals surface area contributed by atoms with Crippen molar-refractivity contribution in [1.82, 2.24) is 20.2 Å². The van der Waals surface area contributed by atoms with E-state index in [0.717, 1.165) is 45.0 Å². The van der Waals surface area contributed by atoms with Crippen molar-refractivity contribution in [2.24, 2.45) is 0 Å². The van der Waals surface area contributed by atoms with Gasteiger partial charge in [0.1, 0.15) is 5.02 Å². The topological polar surface area (TPSA) is 180 Å². The van der Waals surface area contributed by atoms with E-state index in [2.05, 4.69) is 67.0 Å². The van der Waals surface area contributed by atoms with E-state index in [9.17, 15) is 39.5 Å². The summed E-state index contributed by atoms with van der Waals surface area (Å²) in [5.41, 5.74) is 2.21. The zero-order valence-electron chi connectivity index (χ0n) is 25.3. The van der Waals surface area contributed by atoms with Crippen molar-refractivity contribution in [1.29, 1.82) is 0 Å². The van der Waals surface area contributed by atoms with Crippen LogP contribution in [0.4, 0.5) is 62.7 Å². The first-order chi connectivity index (χ1) is 22.5. The van der Waals surface area contributed by atoms with Crippen LogP contribution in [-0.4, -0.2) is 119 Å². The van der Waals surface area contributed by atoms with Crippen LogP contribution < -0.4 is 20.9 Å². The number of alkyl halides is 9. The number of benzene rings is 1. The number of carbonyl (C=O) groups is 3. The van der Waals surface area contributed by atoms with Crippen LogP contribution in [-0.2, 0) is 14.4 Å². The van der Waals surface area contributed by atoms with Gasteiger partial charge in [-0.15, -0.1) is 0 Å². The predicted octanol–water partition coefficient (Wildman–Crippen LogP) is 4.69. The average Bonchev–Trinajstić information content (AvgIpc) is 3.52. The monoisotopic (exact) mass is 743 g/mol. The van der Waals surface area contributed by atoms with Crippen molar-refractivity contribution in [3.05, 3.63) is 35.5 Å². The van der Waals surface area contributed by atoms with Gasteiger partial charge in [0.15, 0.2) is 5.82 Å². The summed E-state index contributed by atoms with van der Waals surface area (Å²) >= 11 is 6.26. The Hall–Kier alpha value is -4.31. The van der Waals surface area contributed by atoms with Gasteiger partial charge in [0, 0.05) is 50.1 Å². The SMILES string of the molecule is CN1CCN(c2ccc(Nc3ncc(Cl)c(NCC4CCCN4)n3)cc2)CC1.O=C(O)C(F)(F)F.O=C(O)C(F)(F)F.O=C(O)C(F)(F)F. The van der Waals surface area contributed by atoms with Crippen LogP contribution >= 0.6 is 11.6 Å². The maximum atomic E-state index is 10.6. The summed E-state index contributed by atoms with van der Waals surface area (Å²) in [6.07, 6.45) is -11.2. The molecule has 23 heteroatoms. The van der Waals surface area contributed by atoms with E-state index in [-0.39, 0.29) is 0 Å². The van der Waals surface area contributed by atoms with Crippen molar-refractivity contribution in [2.75, 3.05) is 61.8 Å². The number of likely N-dealkylation sites (N-methyl/N-ethyl adjacent to an activating group) is 1. The Morgan fingerprint density at radius 3 is 1.76 bits per heavy atom. The molecule has 1 aromatic carbocycles. The second-order valence-electron chi connectivity index (χ2n) is 9.94. The molecule has 276 valence electrons. The lowest BCUT2D eigenvalue weighted by atomic mass is 10.2. The minimum absolute atomic E-state index is 0.476. The lowest BCUT2D eigenvalue weighted by Crippen LogP contribution is -2.44. The molecule has 2 aliphatic heterocycles. The molecule has 3 heterocycles. The van der Waals surface area contributed by atoms with Crippen LogP contribution in [0.1, 0.15) is 12.8 Å². The molecule has 0 saturated carbocycles. The molecule has 49 heavy (non-hydrogen) atoms. The fourth-order valence-electron chi connectivity index (χ4n) is 3.65. The molecule has 2 aromatic rings. The summed E-state index contributed by atoms with van der Waals surface area (Å²) in [6.45, 7) is 6.23. The summed E-state index contributed by atoms with van der Waals surface area (Å²) in [5, 5.41) is 32.0. The Morgan fingerprint density at radius 1 is 0.878 bits per heavy atom. The Kier molecular flexibility index (Phi) is 16.6. The predicted molar refractivity (Wildman–Crippen MR) is 157 cm³/mol. The molecule has 1 unspecified atom stereocenters. The van der Waals surface area contributed by atoms with Gasteiger partial charge in [-0.1, -0.05) is 11.6 Å². The largest absolute Gasteiger partial charge is 0.490 e. The highest BCUT2D eigenvalue weighted by Crippen LogP contribution is 2.24. The van der Waals surface area contributed by atoms with E-state index in [1.54, 1.807) is 6.20 Å². The Labute approximate surface area is 277 Å². The lowest BCUT2D eigenvalue weighted by Gasteiger charge is -2.34. The van der Waals surface area contributed by atoms with Gasteiger partial charge in [-0.3, -0.25) is 0 Å². The van der Waals surface area contributed by atoms with E-state index >= 15 is 0 Å². The van der Waals surface area contributed by atoms with Gasteiger partial charge >= 0.3 is 36.4 Å². The number of carboxylic acid groups (broad SMARTS) is 3. The van der Waals surface area contributed by atoms with Crippen molar-refractivity contribution in [3.63, 3.8) is 0 Å². The zero-order valence-corrected chi connectivity index (χ0v) is 26.0. The fourth-order valence-corrected chi connectivity index (χ4v) is 3.81. The normalized spacial score (nSPS) is 16.5. The molecule has 0 amide bonds. The first kappa shape index (κ1) is 42.7. The number of aliphatic carboxylic acids is 3. The summed E-state index contributed by atoms with van der Waals surface area (Å²) in [5.74, 6) is -7.06. The van der Waals surface area contributed by atoms with Crippen molar-refractivity contribution < 1.29 is 69.2 Å². The van der Waals surface area contributed by atoms with E-state index < -0.39 is 36.4 Å². The van der Waals surface area contributed by atoms with E-state index in [4.69, 9.17) is 41.3 Å². The van der Waals surface area contributed by atoms with Crippen molar-refractivity contribution in [3.8, 4) is 0 Å². The van der Waals surface area contributed by atoms with Crippen molar-refractivity contribution in [2.45, 2.75) is 37.4 Å². The quantitative estimate of drug-likeness (QED) is 0.225. The zero-order chi connectivity index (χ0) is 37.6. The van der Waals surface area contributed by atoms with Crippen LogP contribution in [0.5, 0.6) is 0 Å². The van der Waals surface area contributed by atoms with Gasteiger partial charge in [0.25, 0.3) is 0 Å². The number of anilines is 4. The number of rotatable bonds is 6. The second-order valence-corrected chi connectivity index (χ2v) is 10.3. The molecule has 6 N–H and O–H groups in total. The number of piperazine rings is 1. The molecule has 1 aromatic heterocycles. The third kappa shape index (κ3) is 17.1. The van der Waals surface area contributed by atoms with Gasteiger partial charge in [-0.2, -0.15) is 44.5 Å². The number of carboxylic acids is 3. The number of nitrogens with zero attached hydrogens (tertiary/aromatic N) is 4. The van der Waals surface area contributed by atoms with Gasteiger partial charge < -0.3 is 41.1 Å². The fraction of sp³-hybridized carbons (Fsp3) is 0.500. The molecule has 0 aliphatic carbocycles. The summed E-state index contributed by atoms with van der Waals surface area (Å²) < 4.78 is 95.2. The average molecular weight is 744 g/mol. The van der Waals surface area contributed by atoms with Crippen LogP contribution in [0, 0.1) is 0 Å².